The van der Waals surface area contributed by atoms with E-state index in [-0.39, 0.29) is 22.5 Å². The lowest BCUT2D eigenvalue weighted by Gasteiger charge is -2.14. The van der Waals surface area contributed by atoms with Crippen LogP contribution in [0.5, 0.6) is 0 Å². The number of para-hydroxylation sites is 3. The van der Waals surface area contributed by atoms with Gasteiger partial charge in [0.25, 0.3) is 5.56 Å². The number of nitrogens with one attached hydrogen (secondary N) is 1. The maximum atomic E-state index is 14.7. The summed E-state index contributed by atoms with van der Waals surface area (Å²) in [5, 5.41) is 4.19. The molecule has 1 amide bonds. The zero-order valence-electron chi connectivity index (χ0n) is 19.2. The molecule has 1 heterocycles. The zero-order chi connectivity index (χ0) is 25.8. The van der Waals surface area contributed by atoms with Gasteiger partial charge in [0.15, 0.2) is 5.16 Å². The molecule has 0 aliphatic heterocycles. The smallest absolute Gasteiger partial charge is 0.266 e. The second kappa shape index (κ2) is 11.2. The molecule has 0 aliphatic carbocycles. The third-order valence-corrected chi connectivity index (χ3v) is 7.65. The molecule has 0 atom stereocenters. The van der Waals surface area contributed by atoms with E-state index in [0.29, 0.717) is 21.6 Å². The SMILES string of the molecule is O=C(CSc1nc2ccccc2c(=O)n1-c1ccccc1F)Nc1ccccc1Sc1ccc(Cl)cc1. The van der Waals surface area contributed by atoms with Crippen molar-refractivity contribution >= 4 is 57.6 Å². The van der Waals surface area contributed by atoms with E-state index in [1.165, 1.54) is 28.5 Å². The van der Waals surface area contributed by atoms with Crippen LogP contribution in [0.1, 0.15) is 0 Å². The topological polar surface area (TPSA) is 64.0 Å². The number of hydrogen-bond donors (Lipinski definition) is 1. The molecule has 0 aliphatic rings. The maximum absolute atomic E-state index is 14.7. The van der Waals surface area contributed by atoms with Crippen molar-refractivity contribution in [3.8, 4) is 5.69 Å². The van der Waals surface area contributed by atoms with E-state index >= 15 is 0 Å². The Labute approximate surface area is 225 Å². The maximum Gasteiger partial charge on any atom is 0.266 e. The van der Waals surface area contributed by atoms with Crippen molar-refractivity contribution in [3.63, 3.8) is 0 Å². The molecule has 1 N–H and O–H groups in total. The van der Waals surface area contributed by atoms with E-state index in [1.807, 2.05) is 48.5 Å². The highest BCUT2D eigenvalue weighted by molar-refractivity contribution is 8.00. The predicted molar refractivity (Wildman–Crippen MR) is 149 cm³/mol. The normalized spacial score (nSPS) is 11.0. The summed E-state index contributed by atoms with van der Waals surface area (Å²) in [6, 6.07) is 27.8. The number of aromatic nitrogens is 2. The number of halogens is 2. The van der Waals surface area contributed by atoms with Crippen LogP contribution in [0.2, 0.25) is 5.02 Å². The summed E-state index contributed by atoms with van der Waals surface area (Å²) < 4.78 is 15.9. The Morgan fingerprint density at radius 3 is 2.43 bits per heavy atom. The van der Waals surface area contributed by atoms with Gasteiger partial charge in [0.2, 0.25) is 5.91 Å². The standard InChI is InChI=1S/C28H19ClFN3O2S2/c29-18-13-15-19(16-14-18)37-25-12-6-4-10-23(25)31-26(34)17-36-28-32-22-9-3-1-7-20(22)27(35)33(28)24-11-5-2-8-21(24)30/h1-16H,17H2,(H,31,34). The molecule has 5 rings (SSSR count). The summed E-state index contributed by atoms with van der Waals surface area (Å²) >= 11 is 8.56. The number of amides is 1. The Bertz CT molecular complexity index is 1660. The highest BCUT2D eigenvalue weighted by atomic mass is 35.5. The number of hydrogen-bond acceptors (Lipinski definition) is 5. The largest absolute Gasteiger partial charge is 0.324 e. The number of carbonyl (C=O) groups is 1. The van der Waals surface area contributed by atoms with E-state index in [2.05, 4.69) is 10.3 Å². The fourth-order valence-electron chi connectivity index (χ4n) is 3.66. The number of fused-ring (bicyclic) bond motifs is 1. The lowest BCUT2D eigenvalue weighted by molar-refractivity contribution is -0.113. The Kier molecular flexibility index (Phi) is 7.60. The highest BCUT2D eigenvalue weighted by Crippen LogP contribution is 2.34. The lowest BCUT2D eigenvalue weighted by Crippen LogP contribution is -2.23. The molecule has 0 fully saturated rings. The van der Waals surface area contributed by atoms with Gasteiger partial charge >= 0.3 is 0 Å². The molecule has 5 nitrogen and oxygen atoms in total. The first-order valence-electron chi connectivity index (χ1n) is 11.2. The van der Waals surface area contributed by atoms with Crippen LogP contribution in [0.3, 0.4) is 0 Å². The molecule has 0 spiro atoms. The van der Waals surface area contributed by atoms with Gasteiger partial charge in [0.05, 0.1) is 28.0 Å². The van der Waals surface area contributed by atoms with Crippen LogP contribution >= 0.6 is 35.1 Å². The monoisotopic (exact) mass is 547 g/mol. The van der Waals surface area contributed by atoms with Crippen molar-refractivity contribution in [1.82, 2.24) is 9.55 Å². The highest BCUT2D eigenvalue weighted by Gasteiger charge is 2.17. The Hall–Kier alpha value is -3.59. The summed E-state index contributed by atoms with van der Waals surface area (Å²) in [6.07, 6.45) is 0. The summed E-state index contributed by atoms with van der Waals surface area (Å²) in [5.74, 6) is -0.864. The average Bonchev–Trinajstić information content (AvgIpc) is 2.91. The second-order valence-corrected chi connectivity index (χ2v) is 10.4. The number of nitrogens with zero attached hydrogens (tertiary/aromatic N) is 2. The van der Waals surface area contributed by atoms with Crippen LogP contribution in [-0.4, -0.2) is 21.2 Å². The van der Waals surface area contributed by atoms with E-state index < -0.39 is 11.4 Å². The molecule has 184 valence electrons. The summed E-state index contributed by atoms with van der Waals surface area (Å²) in [7, 11) is 0. The summed E-state index contributed by atoms with van der Waals surface area (Å²) in [6.45, 7) is 0. The Balaban J connectivity index is 1.40. The van der Waals surface area contributed by atoms with Crippen LogP contribution in [-0.2, 0) is 4.79 Å². The van der Waals surface area contributed by atoms with Crippen LogP contribution in [0.4, 0.5) is 10.1 Å². The molecule has 1 aromatic heterocycles. The molecule has 0 saturated heterocycles. The zero-order valence-corrected chi connectivity index (χ0v) is 21.6. The van der Waals surface area contributed by atoms with E-state index in [0.717, 1.165) is 21.6 Å². The minimum Gasteiger partial charge on any atom is -0.324 e. The Morgan fingerprint density at radius 2 is 1.62 bits per heavy atom. The van der Waals surface area contributed by atoms with Gasteiger partial charge in [0, 0.05) is 14.8 Å². The van der Waals surface area contributed by atoms with Crippen molar-refractivity contribution in [2.75, 3.05) is 11.1 Å². The molecular formula is C28H19ClFN3O2S2. The molecule has 9 heteroatoms. The van der Waals surface area contributed by atoms with E-state index in [9.17, 15) is 14.0 Å². The van der Waals surface area contributed by atoms with E-state index in [1.54, 1.807) is 36.4 Å². The van der Waals surface area contributed by atoms with Gasteiger partial charge in [-0.25, -0.2) is 9.37 Å². The third kappa shape index (κ3) is 5.72. The Morgan fingerprint density at radius 1 is 0.919 bits per heavy atom. The van der Waals surface area contributed by atoms with Gasteiger partial charge in [-0.2, -0.15) is 0 Å². The first kappa shape index (κ1) is 25.1. The minimum absolute atomic E-state index is 0.0286. The average molecular weight is 548 g/mol. The number of anilines is 1. The molecule has 0 radical (unpaired) electrons. The van der Waals surface area contributed by atoms with Gasteiger partial charge in [-0.1, -0.05) is 71.5 Å². The van der Waals surface area contributed by atoms with Gasteiger partial charge in [-0.05, 0) is 60.7 Å². The number of rotatable bonds is 7. The molecule has 37 heavy (non-hydrogen) atoms. The third-order valence-electron chi connectivity index (χ3n) is 5.37. The van der Waals surface area contributed by atoms with Crippen molar-refractivity contribution in [2.45, 2.75) is 14.9 Å². The summed E-state index contributed by atoms with van der Waals surface area (Å²) in [5.41, 5.74) is 0.820. The van der Waals surface area contributed by atoms with Crippen molar-refractivity contribution in [1.29, 1.82) is 0 Å². The van der Waals surface area contributed by atoms with Gasteiger partial charge in [0.1, 0.15) is 5.82 Å². The molecule has 5 aromatic rings. The van der Waals surface area contributed by atoms with Gasteiger partial charge in [-0.3, -0.25) is 14.2 Å². The van der Waals surface area contributed by atoms with Crippen LogP contribution in [0.25, 0.3) is 16.6 Å². The van der Waals surface area contributed by atoms with Crippen LogP contribution in [0.15, 0.2) is 117 Å². The van der Waals surface area contributed by atoms with Crippen molar-refractivity contribution in [2.24, 2.45) is 0 Å². The number of thioether (sulfide) groups is 1. The molecule has 0 saturated carbocycles. The minimum atomic E-state index is -0.555. The van der Waals surface area contributed by atoms with Crippen LogP contribution in [0, 0.1) is 5.82 Å². The van der Waals surface area contributed by atoms with Crippen molar-refractivity contribution < 1.29 is 9.18 Å². The van der Waals surface area contributed by atoms with Gasteiger partial charge in [-0.15, -0.1) is 0 Å². The number of carbonyl (C=O) groups excluding carboxylic acids is 1. The quantitative estimate of drug-likeness (QED) is 0.174. The fourth-order valence-corrected chi connectivity index (χ4v) is 5.49. The predicted octanol–water partition coefficient (Wildman–Crippen LogP) is 7.06. The van der Waals surface area contributed by atoms with Crippen molar-refractivity contribution in [3.05, 3.63) is 118 Å². The first-order chi connectivity index (χ1) is 18.0. The fraction of sp³-hybridized carbons (Fsp3) is 0.0357. The van der Waals surface area contributed by atoms with Crippen LogP contribution < -0.4 is 10.9 Å². The molecular weight excluding hydrogens is 529 g/mol. The lowest BCUT2D eigenvalue weighted by atomic mass is 10.2. The summed E-state index contributed by atoms with van der Waals surface area (Å²) in [4.78, 5) is 32.7. The second-order valence-electron chi connectivity index (χ2n) is 7.89. The number of benzene rings is 4. The molecule has 0 bridgehead atoms. The molecule has 4 aromatic carbocycles. The molecule has 0 unspecified atom stereocenters. The van der Waals surface area contributed by atoms with E-state index in [4.69, 9.17) is 11.6 Å². The van der Waals surface area contributed by atoms with Gasteiger partial charge < -0.3 is 5.32 Å². The first-order valence-corrected chi connectivity index (χ1v) is 13.4.